The molecular formula is C16H16BrNOS. The number of nitrogens with zero attached hydrogens (tertiary/aromatic N) is 1. The molecule has 0 radical (unpaired) electrons. The SMILES string of the molecule is CCCc1ccc(C(=O)CSc2ccc(Br)cn2)cc1. The van der Waals surface area contributed by atoms with Crippen molar-refractivity contribution in [3.8, 4) is 0 Å². The number of Topliss-reactive ketones (excluding diaryl/α,β-unsaturated/α-hetero) is 1. The Labute approximate surface area is 132 Å². The summed E-state index contributed by atoms with van der Waals surface area (Å²) in [5.41, 5.74) is 2.06. The fourth-order valence-corrected chi connectivity index (χ4v) is 2.79. The molecule has 0 aliphatic heterocycles. The van der Waals surface area contributed by atoms with E-state index < -0.39 is 0 Å². The number of hydrogen-bond acceptors (Lipinski definition) is 3. The molecule has 104 valence electrons. The summed E-state index contributed by atoms with van der Waals surface area (Å²) in [5.74, 6) is 0.560. The van der Waals surface area contributed by atoms with Gasteiger partial charge in [-0.25, -0.2) is 4.98 Å². The molecule has 0 aliphatic rings. The van der Waals surface area contributed by atoms with E-state index in [9.17, 15) is 4.79 Å². The molecule has 1 aromatic heterocycles. The molecule has 2 aromatic rings. The van der Waals surface area contributed by atoms with Gasteiger partial charge in [-0.2, -0.15) is 0 Å². The minimum absolute atomic E-state index is 0.141. The van der Waals surface area contributed by atoms with E-state index in [2.05, 4.69) is 27.8 Å². The van der Waals surface area contributed by atoms with Crippen molar-refractivity contribution >= 4 is 33.5 Å². The zero-order chi connectivity index (χ0) is 14.4. The number of thioether (sulfide) groups is 1. The third kappa shape index (κ3) is 4.46. The van der Waals surface area contributed by atoms with Crippen molar-refractivity contribution in [3.63, 3.8) is 0 Å². The maximum absolute atomic E-state index is 12.1. The van der Waals surface area contributed by atoms with Gasteiger partial charge >= 0.3 is 0 Å². The number of halogens is 1. The second-order valence-corrected chi connectivity index (χ2v) is 6.38. The molecule has 4 heteroatoms. The fourth-order valence-electron chi connectivity index (χ4n) is 1.82. The van der Waals surface area contributed by atoms with Gasteiger partial charge in [-0.05, 0) is 40.0 Å². The molecule has 0 saturated heterocycles. The summed E-state index contributed by atoms with van der Waals surface area (Å²) in [7, 11) is 0. The lowest BCUT2D eigenvalue weighted by Crippen LogP contribution is -2.02. The van der Waals surface area contributed by atoms with Crippen LogP contribution in [0.1, 0.15) is 29.3 Å². The van der Waals surface area contributed by atoms with Crippen molar-refractivity contribution in [1.29, 1.82) is 0 Å². The molecule has 0 unspecified atom stereocenters. The summed E-state index contributed by atoms with van der Waals surface area (Å²) in [6, 6.07) is 11.8. The van der Waals surface area contributed by atoms with Crippen molar-refractivity contribution < 1.29 is 4.79 Å². The highest BCUT2D eigenvalue weighted by atomic mass is 79.9. The van der Waals surface area contributed by atoms with E-state index in [4.69, 9.17) is 0 Å². The van der Waals surface area contributed by atoms with E-state index in [1.165, 1.54) is 17.3 Å². The van der Waals surface area contributed by atoms with Gasteiger partial charge in [0.1, 0.15) is 0 Å². The zero-order valence-electron chi connectivity index (χ0n) is 11.3. The monoisotopic (exact) mass is 349 g/mol. The van der Waals surface area contributed by atoms with Gasteiger partial charge in [0, 0.05) is 16.2 Å². The lowest BCUT2D eigenvalue weighted by molar-refractivity contribution is 0.102. The molecule has 0 aliphatic carbocycles. The molecule has 0 fully saturated rings. The molecule has 1 heterocycles. The van der Waals surface area contributed by atoms with Crippen LogP contribution in [0.5, 0.6) is 0 Å². The summed E-state index contributed by atoms with van der Waals surface area (Å²) >= 11 is 4.81. The van der Waals surface area contributed by atoms with Crippen LogP contribution >= 0.6 is 27.7 Å². The first-order chi connectivity index (χ1) is 9.69. The highest BCUT2D eigenvalue weighted by Gasteiger charge is 2.07. The molecule has 0 bridgehead atoms. The Balaban J connectivity index is 1.92. The van der Waals surface area contributed by atoms with E-state index in [1.54, 1.807) is 6.20 Å². The van der Waals surface area contributed by atoms with Gasteiger partial charge in [-0.1, -0.05) is 49.4 Å². The number of aryl methyl sites for hydroxylation is 1. The minimum atomic E-state index is 0.141. The second-order valence-electron chi connectivity index (χ2n) is 4.47. The van der Waals surface area contributed by atoms with Crippen molar-refractivity contribution in [2.45, 2.75) is 24.8 Å². The number of ketones is 1. The predicted molar refractivity (Wildman–Crippen MR) is 87.4 cm³/mol. The van der Waals surface area contributed by atoms with Crippen LogP contribution in [-0.2, 0) is 6.42 Å². The van der Waals surface area contributed by atoms with E-state index in [0.29, 0.717) is 5.75 Å². The average molecular weight is 350 g/mol. The van der Waals surface area contributed by atoms with Crippen molar-refractivity contribution in [2.24, 2.45) is 0 Å². The van der Waals surface area contributed by atoms with E-state index in [1.807, 2.05) is 36.4 Å². The quantitative estimate of drug-likeness (QED) is 0.555. The number of carbonyl (C=O) groups excluding carboxylic acids is 1. The van der Waals surface area contributed by atoms with E-state index in [-0.39, 0.29) is 5.78 Å². The molecule has 0 atom stereocenters. The molecule has 0 spiro atoms. The van der Waals surface area contributed by atoms with Crippen molar-refractivity contribution in [1.82, 2.24) is 4.98 Å². The van der Waals surface area contributed by atoms with Crippen molar-refractivity contribution in [3.05, 3.63) is 58.2 Å². The Kier molecular flexibility index (Phi) is 5.80. The Morgan fingerprint density at radius 1 is 1.20 bits per heavy atom. The van der Waals surface area contributed by atoms with Crippen LogP contribution in [0.3, 0.4) is 0 Å². The maximum atomic E-state index is 12.1. The number of benzene rings is 1. The van der Waals surface area contributed by atoms with Gasteiger partial charge in [0.15, 0.2) is 5.78 Å². The maximum Gasteiger partial charge on any atom is 0.173 e. The highest BCUT2D eigenvalue weighted by molar-refractivity contribution is 9.10. The highest BCUT2D eigenvalue weighted by Crippen LogP contribution is 2.19. The third-order valence-corrected chi connectivity index (χ3v) is 4.28. The Hall–Kier alpha value is -1.13. The van der Waals surface area contributed by atoms with Gasteiger partial charge in [0.2, 0.25) is 0 Å². The van der Waals surface area contributed by atoms with Crippen LogP contribution in [0, 0.1) is 0 Å². The lowest BCUT2D eigenvalue weighted by Gasteiger charge is -2.03. The summed E-state index contributed by atoms with van der Waals surface area (Å²) in [6.45, 7) is 2.15. The van der Waals surface area contributed by atoms with Crippen LogP contribution in [0.4, 0.5) is 0 Å². The first-order valence-corrected chi connectivity index (χ1v) is 8.33. The molecule has 2 rings (SSSR count). The minimum Gasteiger partial charge on any atom is -0.293 e. The third-order valence-electron chi connectivity index (χ3n) is 2.87. The van der Waals surface area contributed by atoms with Gasteiger partial charge in [0.25, 0.3) is 0 Å². The van der Waals surface area contributed by atoms with Crippen molar-refractivity contribution in [2.75, 3.05) is 5.75 Å². The largest absolute Gasteiger partial charge is 0.293 e. The number of rotatable bonds is 6. The second kappa shape index (κ2) is 7.60. The van der Waals surface area contributed by atoms with Gasteiger partial charge in [-0.3, -0.25) is 4.79 Å². The van der Waals surface area contributed by atoms with Gasteiger partial charge < -0.3 is 0 Å². The molecule has 0 N–H and O–H groups in total. The molecule has 20 heavy (non-hydrogen) atoms. The van der Waals surface area contributed by atoms with Crippen LogP contribution < -0.4 is 0 Å². The first-order valence-electron chi connectivity index (χ1n) is 6.55. The average Bonchev–Trinajstić information content (AvgIpc) is 2.47. The van der Waals surface area contributed by atoms with Gasteiger partial charge in [0.05, 0.1) is 10.8 Å². The molecule has 0 saturated carbocycles. The number of aromatic nitrogens is 1. The van der Waals surface area contributed by atoms with Gasteiger partial charge in [-0.15, -0.1) is 0 Å². The summed E-state index contributed by atoms with van der Waals surface area (Å²) < 4.78 is 0.944. The molecule has 0 amide bonds. The normalized spacial score (nSPS) is 10.5. The summed E-state index contributed by atoms with van der Waals surface area (Å²) in [6.07, 6.45) is 3.93. The number of carbonyl (C=O) groups is 1. The number of hydrogen-bond donors (Lipinski definition) is 0. The van der Waals surface area contributed by atoms with Crippen LogP contribution in [-0.4, -0.2) is 16.5 Å². The Morgan fingerprint density at radius 2 is 1.95 bits per heavy atom. The van der Waals surface area contributed by atoms with E-state index >= 15 is 0 Å². The van der Waals surface area contributed by atoms with E-state index in [0.717, 1.165) is 27.9 Å². The Morgan fingerprint density at radius 3 is 2.55 bits per heavy atom. The topological polar surface area (TPSA) is 30.0 Å². The molecule has 2 nitrogen and oxygen atoms in total. The Bertz CT molecular complexity index is 566. The smallest absolute Gasteiger partial charge is 0.173 e. The number of pyridine rings is 1. The molecular weight excluding hydrogens is 334 g/mol. The fraction of sp³-hybridized carbons (Fsp3) is 0.250. The predicted octanol–water partition coefficient (Wildman–Crippen LogP) is 4.77. The van der Waals surface area contributed by atoms with Crippen LogP contribution in [0.15, 0.2) is 52.1 Å². The van der Waals surface area contributed by atoms with Crippen LogP contribution in [0.25, 0.3) is 0 Å². The molecule has 1 aromatic carbocycles. The first kappa shape index (κ1) is 15.3. The summed E-state index contributed by atoms with van der Waals surface area (Å²) in [4.78, 5) is 16.3. The summed E-state index contributed by atoms with van der Waals surface area (Å²) in [5, 5.41) is 0.865. The van der Waals surface area contributed by atoms with Crippen LogP contribution in [0.2, 0.25) is 0 Å². The lowest BCUT2D eigenvalue weighted by atomic mass is 10.1. The standard InChI is InChI=1S/C16H16BrNOS/c1-2-3-12-4-6-13(7-5-12)15(19)11-20-16-9-8-14(17)10-18-16/h4-10H,2-3,11H2,1H3. The zero-order valence-corrected chi connectivity index (χ0v) is 13.7.